The van der Waals surface area contributed by atoms with Crippen molar-refractivity contribution in [2.75, 3.05) is 7.11 Å². The van der Waals surface area contributed by atoms with Crippen LogP contribution in [0.15, 0.2) is 18.2 Å². The fraction of sp³-hybridized carbons (Fsp3) is 0.385. The molecule has 0 spiro atoms. The van der Waals surface area contributed by atoms with Crippen molar-refractivity contribution in [3.8, 4) is 5.75 Å². The van der Waals surface area contributed by atoms with E-state index in [2.05, 4.69) is 5.32 Å². The smallest absolute Gasteiger partial charge is 0.326 e. The Bertz CT molecular complexity index is 570. The molecule has 0 saturated carbocycles. The lowest BCUT2D eigenvalue weighted by Crippen LogP contribution is -2.44. The van der Waals surface area contributed by atoms with Gasteiger partial charge in [0.15, 0.2) is 5.56 Å². The number of nitrogens with zero attached hydrogens (tertiary/aromatic N) is 1. The highest BCUT2D eigenvalue weighted by Gasteiger charge is 2.30. The van der Waals surface area contributed by atoms with Crippen LogP contribution >= 0.6 is 0 Å². The van der Waals surface area contributed by atoms with E-state index in [1.54, 1.807) is 13.8 Å². The Hall–Kier alpha value is -2.64. The van der Waals surface area contributed by atoms with Gasteiger partial charge >= 0.3 is 5.97 Å². The average Bonchev–Trinajstić information content (AvgIpc) is 2.42. The highest BCUT2D eigenvalue weighted by Crippen LogP contribution is 2.28. The van der Waals surface area contributed by atoms with Crippen LogP contribution in [0.25, 0.3) is 0 Å². The average molecular weight is 296 g/mol. The standard InChI is InChI=1S/C13H16N2O6/c1-7(2)11(13(17)18)14-12(16)10-8(15(19)20)5-4-6-9(10)21-3/h4-7,11H,1-3H3,(H,14,16)(H,17,18)/t11-/m1/s1. The molecular formula is C13H16N2O6. The summed E-state index contributed by atoms with van der Waals surface area (Å²) < 4.78 is 4.95. The van der Waals surface area contributed by atoms with Crippen molar-refractivity contribution >= 4 is 17.6 Å². The highest BCUT2D eigenvalue weighted by molar-refractivity contribution is 6.02. The number of carbonyl (C=O) groups excluding carboxylic acids is 1. The predicted molar refractivity (Wildman–Crippen MR) is 73.4 cm³/mol. The monoisotopic (exact) mass is 296 g/mol. The maximum absolute atomic E-state index is 12.2. The van der Waals surface area contributed by atoms with E-state index >= 15 is 0 Å². The van der Waals surface area contributed by atoms with Crippen molar-refractivity contribution in [2.45, 2.75) is 19.9 Å². The second-order valence-electron chi connectivity index (χ2n) is 4.64. The first-order chi connectivity index (χ1) is 9.79. The van der Waals surface area contributed by atoms with E-state index < -0.39 is 28.5 Å². The van der Waals surface area contributed by atoms with Crippen LogP contribution in [0.4, 0.5) is 5.69 Å². The number of hydrogen-bond acceptors (Lipinski definition) is 5. The number of ether oxygens (including phenoxy) is 1. The van der Waals surface area contributed by atoms with Gasteiger partial charge in [0.1, 0.15) is 11.8 Å². The summed E-state index contributed by atoms with van der Waals surface area (Å²) >= 11 is 0. The second-order valence-corrected chi connectivity index (χ2v) is 4.64. The lowest BCUT2D eigenvalue weighted by atomic mass is 10.0. The van der Waals surface area contributed by atoms with Gasteiger partial charge in [-0.05, 0) is 12.0 Å². The van der Waals surface area contributed by atoms with Gasteiger partial charge in [-0.3, -0.25) is 14.9 Å². The van der Waals surface area contributed by atoms with Crippen LogP contribution in [-0.2, 0) is 4.79 Å². The van der Waals surface area contributed by atoms with E-state index in [-0.39, 0.29) is 17.2 Å². The molecule has 114 valence electrons. The summed E-state index contributed by atoms with van der Waals surface area (Å²) in [5.74, 6) is -2.44. The van der Waals surface area contributed by atoms with Crippen LogP contribution in [0, 0.1) is 16.0 Å². The quantitative estimate of drug-likeness (QED) is 0.605. The summed E-state index contributed by atoms with van der Waals surface area (Å²) in [6.07, 6.45) is 0. The molecule has 0 saturated heterocycles. The van der Waals surface area contributed by atoms with Crippen LogP contribution in [0.2, 0.25) is 0 Å². The van der Waals surface area contributed by atoms with E-state index in [0.29, 0.717) is 0 Å². The summed E-state index contributed by atoms with van der Waals surface area (Å²) in [5.41, 5.74) is -0.739. The number of carboxylic acid groups (broad SMARTS) is 1. The zero-order chi connectivity index (χ0) is 16.2. The molecule has 2 N–H and O–H groups in total. The lowest BCUT2D eigenvalue weighted by Gasteiger charge is -2.18. The molecule has 0 unspecified atom stereocenters. The minimum Gasteiger partial charge on any atom is -0.496 e. The van der Waals surface area contributed by atoms with Gasteiger partial charge in [0.2, 0.25) is 0 Å². The molecule has 21 heavy (non-hydrogen) atoms. The number of nitro groups is 1. The topological polar surface area (TPSA) is 119 Å². The first-order valence-corrected chi connectivity index (χ1v) is 6.14. The van der Waals surface area contributed by atoms with Crippen LogP contribution in [0.3, 0.4) is 0 Å². The molecule has 0 aliphatic carbocycles. The van der Waals surface area contributed by atoms with Crippen LogP contribution < -0.4 is 10.1 Å². The second kappa shape index (κ2) is 6.69. The number of carbonyl (C=O) groups is 2. The van der Waals surface area contributed by atoms with Gasteiger partial charge in [-0.1, -0.05) is 19.9 Å². The molecule has 1 rings (SSSR count). The van der Waals surface area contributed by atoms with Crippen LogP contribution in [0.5, 0.6) is 5.75 Å². The largest absolute Gasteiger partial charge is 0.496 e. The summed E-state index contributed by atoms with van der Waals surface area (Å²) in [5, 5.41) is 22.3. The first kappa shape index (κ1) is 16.4. The van der Waals surface area contributed by atoms with Gasteiger partial charge in [0, 0.05) is 6.07 Å². The maximum atomic E-state index is 12.2. The molecule has 0 aromatic heterocycles. The normalized spacial score (nSPS) is 11.8. The van der Waals surface area contributed by atoms with Gasteiger partial charge in [0.05, 0.1) is 12.0 Å². The third-order valence-corrected chi connectivity index (χ3v) is 2.87. The van der Waals surface area contributed by atoms with Crippen LogP contribution in [0.1, 0.15) is 24.2 Å². The number of nitro benzene ring substituents is 1. The molecule has 1 aromatic carbocycles. The summed E-state index contributed by atoms with van der Waals surface area (Å²) in [6.45, 7) is 3.24. The molecular weight excluding hydrogens is 280 g/mol. The third kappa shape index (κ3) is 3.68. The number of rotatable bonds is 6. The molecule has 8 heteroatoms. The predicted octanol–water partition coefficient (Wildman–Crippen LogP) is 1.44. The first-order valence-electron chi connectivity index (χ1n) is 6.14. The minimum absolute atomic E-state index is 0.00888. The van der Waals surface area contributed by atoms with Gasteiger partial charge in [-0.2, -0.15) is 0 Å². The summed E-state index contributed by atoms with van der Waals surface area (Å²) in [6, 6.07) is 2.78. The number of methoxy groups -OCH3 is 1. The molecule has 0 bridgehead atoms. The van der Waals surface area contributed by atoms with Crippen molar-refractivity contribution in [2.24, 2.45) is 5.92 Å². The molecule has 1 aromatic rings. The maximum Gasteiger partial charge on any atom is 0.326 e. The molecule has 0 aliphatic rings. The van der Waals surface area contributed by atoms with Gasteiger partial charge in [0.25, 0.3) is 11.6 Å². The summed E-state index contributed by atoms with van der Waals surface area (Å²) in [7, 11) is 1.27. The van der Waals surface area contributed by atoms with E-state index in [0.717, 1.165) is 6.07 Å². The number of aliphatic carboxylic acids is 1. The molecule has 1 amide bonds. The van der Waals surface area contributed by atoms with E-state index in [4.69, 9.17) is 9.84 Å². The van der Waals surface area contributed by atoms with Crippen molar-refractivity contribution < 1.29 is 24.4 Å². The Morgan fingerprint density at radius 3 is 2.43 bits per heavy atom. The number of amides is 1. The highest BCUT2D eigenvalue weighted by atomic mass is 16.6. The van der Waals surface area contributed by atoms with Crippen molar-refractivity contribution in [1.82, 2.24) is 5.32 Å². The Labute approximate surface area is 120 Å². The van der Waals surface area contributed by atoms with Crippen LogP contribution in [-0.4, -0.2) is 35.1 Å². The molecule has 0 radical (unpaired) electrons. The number of benzene rings is 1. The van der Waals surface area contributed by atoms with Gasteiger partial charge in [-0.25, -0.2) is 4.79 Å². The zero-order valence-corrected chi connectivity index (χ0v) is 11.8. The Morgan fingerprint density at radius 1 is 1.38 bits per heavy atom. The lowest BCUT2D eigenvalue weighted by molar-refractivity contribution is -0.385. The van der Waals surface area contributed by atoms with Crippen molar-refractivity contribution in [3.63, 3.8) is 0 Å². The molecule has 0 fully saturated rings. The van der Waals surface area contributed by atoms with Gasteiger partial charge in [-0.15, -0.1) is 0 Å². The fourth-order valence-corrected chi connectivity index (χ4v) is 1.80. The van der Waals surface area contributed by atoms with Crippen molar-refractivity contribution in [1.29, 1.82) is 0 Å². The minimum atomic E-state index is -1.21. The van der Waals surface area contributed by atoms with Crippen molar-refractivity contribution in [3.05, 3.63) is 33.9 Å². The van der Waals surface area contributed by atoms with E-state index in [9.17, 15) is 19.7 Å². The molecule has 0 aliphatic heterocycles. The fourth-order valence-electron chi connectivity index (χ4n) is 1.80. The molecule has 0 heterocycles. The van der Waals surface area contributed by atoms with E-state index in [1.807, 2.05) is 0 Å². The third-order valence-electron chi connectivity index (χ3n) is 2.87. The molecule has 8 nitrogen and oxygen atoms in total. The Morgan fingerprint density at radius 2 is 2.00 bits per heavy atom. The van der Waals surface area contributed by atoms with Gasteiger partial charge < -0.3 is 15.2 Å². The Balaban J connectivity index is 3.23. The summed E-state index contributed by atoms with van der Waals surface area (Å²) in [4.78, 5) is 33.6. The van der Waals surface area contributed by atoms with E-state index in [1.165, 1.54) is 19.2 Å². The number of carboxylic acids is 1. The zero-order valence-electron chi connectivity index (χ0n) is 11.8. The molecule has 1 atom stereocenters. The number of hydrogen-bond donors (Lipinski definition) is 2. The Kier molecular flexibility index (Phi) is 5.23. The number of nitrogens with one attached hydrogen (secondary N) is 1. The SMILES string of the molecule is COc1cccc([N+](=O)[O-])c1C(=O)N[C@@H](C(=O)O)C(C)C.